The second kappa shape index (κ2) is 8.67. The van der Waals surface area contributed by atoms with Gasteiger partial charge in [-0.05, 0) is 40.2 Å². The van der Waals surface area contributed by atoms with Gasteiger partial charge in [0.2, 0.25) is 10.0 Å². The number of carbonyl (C=O) groups is 1. The molecule has 9 heteroatoms. The molecule has 0 N–H and O–H groups in total. The van der Waals surface area contributed by atoms with Crippen molar-refractivity contribution in [2.75, 3.05) is 31.3 Å². The highest BCUT2D eigenvalue weighted by atomic mass is 127. The molecule has 1 aromatic rings. The Morgan fingerprint density at radius 1 is 1.45 bits per heavy atom. The number of hydrogen-bond donors (Lipinski definition) is 0. The van der Waals surface area contributed by atoms with Gasteiger partial charge in [0.1, 0.15) is 6.61 Å². The first kappa shape index (κ1) is 19.2. The second-order valence-electron chi connectivity index (χ2n) is 4.12. The number of esters is 1. The predicted molar refractivity (Wildman–Crippen MR) is 96.2 cm³/mol. The molecule has 0 aliphatic carbocycles. The highest BCUT2D eigenvalue weighted by molar-refractivity contribution is 14.2. The maximum atomic E-state index is 11.9. The SMILES string of the molecule is COC(=O)c1cc(C#CCOPI)ccc1N(C)S(C)(=O)=O. The van der Waals surface area contributed by atoms with Crippen molar-refractivity contribution < 1.29 is 22.5 Å². The fourth-order valence-electron chi connectivity index (χ4n) is 1.54. The van der Waals surface area contributed by atoms with Crippen LogP contribution < -0.4 is 4.31 Å². The van der Waals surface area contributed by atoms with E-state index in [-0.39, 0.29) is 11.3 Å². The molecule has 0 heterocycles. The molecule has 0 fully saturated rings. The predicted octanol–water partition coefficient (Wildman–Crippen LogP) is 2.18. The van der Waals surface area contributed by atoms with Gasteiger partial charge in [0.15, 0.2) is 0 Å². The molecule has 1 unspecified atom stereocenters. The van der Waals surface area contributed by atoms with Gasteiger partial charge in [-0.3, -0.25) is 4.31 Å². The number of rotatable bonds is 5. The quantitative estimate of drug-likeness (QED) is 0.224. The molecule has 0 aliphatic heterocycles. The van der Waals surface area contributed by atoms with E-state index in [4.69, 9.17) is 9.26 Å². The summed E-state index contributed by atoms with van der Waals surface area (Å²) in [6, 6.07) is 4.67. The molecule has 1 aromatic carbocycles. The number of halogens is 1. The number of nitrogens with zero attached hydrogens (tertiary/aromatic N) is 1. The molecular weight excluding hydrogens is 440 g/mol. The summed E-state index contributed by atoms with van der Waals surface area (Å²) in [6.45, 7) is 0.619. The lowest BCUT2D eigenvalue weighted by Crippen LogP contribution is -2.27. The van der Waals surface area contributed by atoms with Crippen LogP contribution in [0.25, 0.3) is 0 Å². The van der Waals surface area contributed by atoms with Crippen LogP contribution in [0.3, 0.4) is 0 Å². The highest BCUT2D eigenvalue weighted by Crippen LogP contribution is 2.24. The van der Waals surface area contributed by atoms with Crippen LogP contribution in [0.5, 0.6) is 0 Å². The number of benzene rings is 1. The molecule has 0 radical (unpaired) electrons. The Labute approximate surface area is 145 Å². The molecule has 0 saturated carbocycles. The molecule has 1 atom stereocenters. The van der Waals surface area contributed by atoms with Crippen LogP contribution in [0.15, 0.2) is 18.2 Å². The van der Waals surface area contributed by atoms with Crippen LogP contribution in [0.2, 0.25) is 0 Å². The summed E-state index contributed by atoms with van der Waals surface area (Å²) in [5, 5.41) is 0. The standard InChI is InChI=1S/C13H15INO5PS/c1-15(22(3,17)18)12-7-6-10(5-4-8-20-21-14)9-11(12)13(16)19-2/h6-7,9,21H,8H2,1-3H3. The van der Waals surface area contributed by atoms with Crippen LogP contribution in [0.4, 0.5) is 5.69 Å². The minimum Gasteiger partial charge on any atom is -0.465 e. The summed E-state index contributed by atoms with van der Waals surface area (Å²) >= 11 is 2.09. The number of anilines is 1. The normalized spacial score (nSPS) is 11.1. The largest absolute Gasteiger partial charge is 0.465 e. The van der Waals surface area contributed by atoms with E-state index in [1.165, 1.54) is 26.3 Å². The number of methoxy groups -OCH3 is 1. The van der Waals surface area contributed by atoms with E-state index in [9.17, 15) is 13.2 Å². The topological polar surface area (TPSA) is 72.9 Å². The monoisotopic (exact) mass is 455 g/mol. The Balaban J connectivity index is 3.24. The van der Waals surface area contributed by atoms with Gasteiger partial charge in [0.25, 0.3) is 0 Å². The molecule has 22 heavy (non-hydrogen) atoms. The fourth-order valence-corrected chi connectivity index (χ4v) is 2.65. The van der Waals surface area contributed by atoms with Gasteiger partial charge in [0.05, 0.1) is 31.1 Å². The molecule has 0 spiro atoms. The molecule has 0 aromatic heterocycles. The van der Waals surface area contributed by atoms with E-state index in [0.717, 1.165) is 10.6 Å². The third-order valence-corrected chi connectivity index (χ3v) is 5.05. The Bertz CT molecular complexity index is 711. The van der Waals surface area contributed by atoms with Gasteiger partial charge >= 0.3 is 5.97 Å². The first-order chi connectivity index (χ1) is 10.3. The van der Waals surface area contributed by atoms with E-state index < -0.39 is 16.0 Å². The molecule has 0 saturated heterocycles. The van der Waals surface area contributed by atoms with E-state index in [2.05, 4.69) is 33.9 Å². The van der Waals surface area contributed by atoms with Crippen molar-refractivity contribution >= 4 is 50.2 Å². The highest BCUT2D eigenvalue weighted by Gasteiger charge is 2.20. The molecule has 0 amide bonds. The van der Waals surface area contributed by atoms with Crippen molar-refractivity contribution in [3.8, 4) is 11.8 Å². The van der Waals surface area contributed by atoms with Crippen LogP contribution in [0, 0.1) is 11.8 Å². The minimum absolute atomic E-state index is 0.138. The lowest BCUT2D eigenvalue weighted by atomic mass is 10.1. The number of hydrogen-bond acceptors (Lipinski definition) is 5. The van der Waals surface area contributed by atoms with Gasteiger partial charge in [0, 0.05) is 12.6 Å². The van der Waals surface area contributed by atoms with Gasteiger partial charge in [-0.15, -0.1) is 0 Å². The van der Waals surface area contributed by atoms with Crippen LogP contribution in [-0.2, 0) is 19.3 Å². The number of carbonyl (C=O) groups excluding carboxylic acids is 1. The van der Waals surface area contributed by atoms with Crippen LogP contribution >= 0.6 is 28.5 Å². The summed E-state index contributed by atoms with van der Waals surface area (Å²) in [4.78, 5) is 11.9. The molecule has 0 bridgehead atoms. The van der Waals surface area contributed by atoms with Gasteiger partial charge in [-0.1, -0.05) is 11.8 Å². The average Bonchev–Trinajstić information content (AvgIpc) is 2.49. The van der Waals surface area contributed by atoms with Gasteiger partial charge in [-0.25, -0.2) is 13.2 Å². The zero-order chi connectivity index (χ0) is 16.8. The van der Waals surface area contributed by atoms with Gasteiger partial charge in [-0.2, -0.15) is 0 Å². The van der Waals surface area contributed by atoms with E-state index >= 15 is 0 Å². The van der Waals surface area contributed by atoms with Crippen molar-refractivity contribution in [3.63, 3.8) is 0 Å². The molecule has 120 valence electrons. The summed E-state index contributed by atoms with van der Waals surface area (Å²) in [5.74, 6) is 5.04. The Hall–Kier alpha value is -0.880. The maximum absolute atomic E-state index is 11.9. The van der Waals surface area contributed by atoms with Crippen LogP contribution in [0.1, 0.15) is 15.9 Å². The van der Waals surface area contributed by atoms with E-state index in [0.29, 0.717) is 18.6 Å². The average molecular weight is 455 g/mol. The lowest BCUT2D eigenvalue weighted by Gasteiger charge is -2.19. The molecule has 1 rings (SSSR count). The minimum atomic E-state index is -3.49. The first-order valence-electron chi connectivity index (χ1n) is 5.93. The van der Waals surface area contributed by atoms with Crippen molar-refractivity contribution in [1.82, 2.24) is 0 Å². The maximum Gasteiger partial charge on any atom is 0.340 e. The molecule has 0 aliphatic rings. The summed E-state index contributed by atoms with van der Waals surface area (Å²) in [7, 11) is -0.879. The summed E-state index contributed by atoms with van der Waals surface area (Å²) in [6.07, 6.45) is 1.06. The van der Waals surface area contributed by atoms with Crippen molar-refractivity contribution in [1.29, 1.82) is 0 Å². The smallest absolute Gasteiger partial charge is 0.340 e. The third kappa shape index (κ3) is 5.39. The van der Waals surface area contributed by atoms with Crippen LogP contribution in [-0.4, -0.2) is 41.4 Å². The van der Waals surface area contributed by atoms with Crippen molar-refractivity contribution in [3.05, 3.63) is 29.3 Å². The first-order valence-corrected chi connectivity index (χ1v) is 11.8. The summed E-state index contributed by atoms with van der Waals surface area (Å²) < 4.78 is 34.2. The van der Waals surface area contributed by atoms with Crippen molar-refractivity contribution in [2.45, 2.75) is 0 Å². The van der Waals surface area contributed by atoms with Gasteiger partial charge < -0.3 is 9.26 Å². The number of sulfonamides is 1. The Kier molecular flexibility index (Phi) is 7.56. The summed E-state index contributed by atoms with van der Waals surface area (Å²) in [5.41, 5.74) is 0.954. The Morgan fingerprint density at radius 3 is 2.68 bits per heavy atom. The fraction of sp³-hybridized carbons (Fsp3) is 0.308. The number of ether oxygens (including phenoxy) is 1. The third-order valence-electron chi connectivity index (χ3n) is 2.67. The zero-order valence-corrected chi connectivity index (χ0v) is 16.2. The zero-order valence-electron chi connectivity index (χ0n) is 12.2. The molecule has 6 nitrogen and oxygen atoms in total. The molecular formula is C13H15INO5PS. The second-order valence-corrected chi connectivity index (χ2v) is 7.90. The van der Waals surface area contributed by atoms with E-state index in [1.807, 2.05) is 0 Å². The lowest BCUT2D eigenvalue weighted by molar-refractivity contribution is 0.0601. The Morgan fingerprint density at radius 2 is 2.14 bits per heavy atom. The van der Waals surface area contributed by atoms with E-state index in [1.54, 1.807) is 6.07 Å². The van der Waals surface area contributed by atoms with Crippen molar-refractivity contribution in [2.24, 2.45) is 0 Å².